The van der Waals surface area contributed by atoms with E-state index in [-0.39, 0.29) is 5.91 Å². The average molecular weight is 302 g/mol. The fraction of sp³-hybridized carbons (Fsp3) is 0.467. The van der Waals surface area contributed by atoms with E-state index in [4.69, 9.17) is 0 Å². The number of aromatic amines is 1. The third-order valence-electron chi connectivity index (χ3n) is 4.48. The largest absolute Gasteiger partial charge is 0.481 e. The molecule has 0 aliphatic heterocycles. The molecule has 1 aromatic carbocycles. The summed E-state index contributed by atoms with van der Waals surface area (Å²) in [7, 11) is 0. The Bertz CT molecular complexity index is 726. The summed E-state index contributed by atoms with van der Waals surface area (Å²) >= 11 is 0. The Kier molecular flexibility index (Phi) is 3.56. The zero-order valence-electron chi connectivity index (χ0n) is 12.3. The molecule has 0 radical (unpaired) electrons. The summed E-state index contributed by atoms with van der Waals surface area (Å²) in [4.78, 5) is 23.9. The van der Waals surface area contributed by atoms with E-state index in [1.54, 1.807) is 18.2 Å². The van der Waals surface area contributed by atoms with Gasteiger partial charge in [0.15, 0.2) is 0 Å². The smallest absolute Gasteiger partial charge is 0.308 e. The van der Waals surface area contributed by atoms with Gasteiger partial charge >= 0.3 is 5.97 Å². The van der Waals surface area contributed by atoms with Gasteiger partial charge in [-0.2, -0.15) is 15.4 Å². The van der Waals surface area contributed by atoms with Crippen LogP contribution in [0.3, 0.4) is 0 Å². The van der Waals surface area contributed by atoms with Crippen LogP contribution in [-0.4, -0.2) is 37.9 Å². The first kappa shape index (κ1) is 14.5. The Morgan fingerprint density at radius 1 is 1.32 bits per heavy atom. The van der Waals surface area contributed by atoms with Gasteiger partial charge in [-0.05, 0) is 38.0 Å². The predicted octanol–water partition coefficient (Wildman–Crippen LogP) is 1.72. The van der Waals surface area contributed by atoms with Gasteiger partial charge in [0.1, 0.15) is 11.0 Å². The maximum Gasteiger partial charge on any atom is 0.308 e. The van der Waals surface area contributed by atoms with Crippen LogP contribution in [0.2, 0.25) is 0 Å². The van der Waals surface area contributed by atoms with Crippen LogP contribution in [0.4, 0.5) is 0 Å². The number of fused-ring (bicyclic) bond motifs is 1. The minimum atomic E-state index is -0.852. The molecule has 1 aliphatic carbocycles. The first-order chi connectivity index (χ1) is 10.5. The molecule has 1 heterocycles. The zero-order chi connectivity index (χ0) is 15.7. The van der Waals surface area contributed by atoms with Crippen molar-refractivity contribution in [3.63, 3.8) is 0 Å². The summed E-state index contributed by atoms with van der Waals surface area (Å²) in [5.74, 6) is -1.68. The van der Waals surface area contributed by atoms with Gasteiger partial charge in [0, 0.05) is 5.56 Å². The molecular formula is C15H18N4O3. The van der Waals surface area contributed by atoms with Gasteiger partial charge in [-0.3, -0.25) is 9.59 Å². The minimum Gasteiger partial charge on any atom is -0.481 e. The van der Waals surface area contributed by atoms with Crippen LogP contribution in [0, 0.1) is 5.92 Å². The Labute approximate surface area is 127 Å². The number of rotatable bonds is 3. The fourth-order valence-corrected chi connectivity index (χ4v) is 3.19. The summed E-state index contributed by atoms with van der Waals surface area (Å²) in [5.41, 5.74) is 1.03. The molecule has 1 aromatic heterocycles. The number of carbonyl (C=O) groups is 2. The second-order valence-corrected chi connectivity index (χ2v) is 6.04. The molecule has 2 aromatic rings. The number of aliphatic carboxylic acids is 1. The van der Waals surface area contributed by atoms with E-state index >= 15 is 0 Å². The van der Waals surface area contributed by atoms with Crippen molar-refractivity contribution >= 4 is 22.9 Å². The van der Waals surface area contributed by atoms with Crippen molar-refractivity contribution < 1.29 is 14.7 Å². The first-order valence-electron chi connectivity index (χ1n) is 7.35. The second kappa shape index (κ2) is 5.40. The summed E-state index contributed by atoms with van der Waals surface area (Å²) < 4.78 is 0. The number of carboxylic acids is 1. The standard InChI is InChI=1S/C15H18N4O3/c1-15(7-3-2-4-10(15)14(21)22)16-13(20)9-5-6-11-12(8-9)18-19-17-11/h5-6,8,10H,2-4,7H2,1H3,(H,16,20)(H,21,22)(H,17,18,19)/t10-,15+/m1/s1. The maximum absolute atomic E-state index is 12.5. The molecule has 0 saturated heterocycles. The average Bonchev–Trinajstić information content (AvgIpc) is 2.94. The summed E-state index contributed by atoms with van der Waals surface area (Å²) in [6.07, 6.45) is 3.06. The minimum absolute atomic E-state index is 0.277. The van der Waals surface area contributed by atoms with Crippen LogP contribution in [0.15, 0.2) is 18.2 Å². The van der Waals surface area contributed by atoms with Gasteiger partial charge < -0.3 is 10.4 Å². The third-order valence-corrected chi connectivity index (χ3v) is 4.48. The highest BCUT2D eigenvalue weighted by molar-refractivity contribution is 5.97. The van der Waals surface area contributed by atoms with Crippen molar-refractivity contribution in [2.24, 2.45) is 5.92 Å². The van der Waals surface area contributed by atoms with E-state index in [2.05, 4.69) is 20.7 Å². The number of amides is 1. The van der Waals surface area contributed by atoms with Crippen molar-refractivity contribution in [3.8, 4) is 0 Å². The normalized spacial score (nSPS) is 25.0. The number of carbonyl (C=O) groups excluding carboxylic acids is 1. The number of H-pyrrole nitrogens is 1. The number of benzene rings is 1. The molecule has 22 heavy (non-hydrogen) atoms. The third kappa shape index (κ3) is 2.54. The second-order valence-electron chi connectivity index (χ2n) is 6.04. The van der Waals surface area contributed by atoms with Crippen LogP contribution in [0.5, 0.6) is 0 Å². The lowest BCUT2D eigenvalue weighted by atomic mass is 9.73. The maximum atomic E-state index is 12.5. The van der Waals surface area contributed by atoms with Crippen LogP contribution in [0.25, 0.3) is 11.0 Å². The lowest BCUT2D eigenvalue weighted by Crippen LogP contribution is -2.55. The molecule has 7 heteroatoms. The molecule has 0 bridgehead atoms. The molecule has 0 unspecified atom stereocenters. The Hall–Kier alpha value is -2.44. The van der Waals surface area contributed by atoms with E-state index in [0.29, 0.717) is 29.4 Å². The number of nitrogens with zero attached hydrogens (tertiary/aromatic N) is 2. The van der Waals surface area contributed by atoms with Crippen LogP contribution in [0.1, 0.15) is 43.0 Å². The molecule has 0 spiro atoms. The highest BCUT2D eigenvalue weighted by Crippen LogP contribution is 2.34. The van der Waals surface area contributed by atoms with Crippen molar-refractivity contribution in [1.29, 1.82) is 0 Å². The molecule has 3 rings (SSSR count). The predicted molar refractivity (Wildman–Crippen MR) is 79.4 cm³/mol. The number of hydrogen-bond acceptors (Lipinski definition) is 4. The molecule has 3 N–H and O–H groups in total. The molecule has 2 atom stereocenters. The fourth-order valence-electron chi connectivity index (χ4n) is 3.19. The van der Waals surface area contributed by atoms with E-state index in [1.807, 2.05) is 6.92 Å². The topological polar surface area (TPSA) is 108 Å². The molecule has 116 valence electrons. The lowest BCUT2D eigenvalue weighted by Gasteiger charge is -2.39. The lowest BCUT2D eigenvalue weighted by molar-refractivity contribution is -0.145. The van der Waals surface area contributed by atoms with Gasteiger partial charge in [0.05, 0.1) is 11.5 Å². The van der Waals surface area contributed by atoms with Gasteiger partial charge in [0.25, 0.3) is 5.91 Å². The first-order valence-corrected chi connectivity index (χ1v) is 7.35. The molecule has 7 nitrogen and oxygen atoms in total. The van der Waals surface area contributed by atoms with Gasteiger partial charge in [-0.15, -0.1) is 0 Å². The quantitative estimate of drug-likeness (QED) is 0.800. The molecule has 1 saturated carbocycles. The zero-order valence-corrected chi connectivity index (χ0v) is 12.3. The molecule has 1 fully saturated rings. The Balaban J connectivity index is 1.83. The highest BCUT2D eigenvalue weighted by atomic mass is 16.4. The highest BCUT2D eigenvalue weighted by Gasteiger charge is 2.42. The van der Waals surface area contributed by atoms with Crippen LogP contribution < -0.4 is 5.32 Å². The SMILES string of the molecule is C[C@]1(NC(=O)c2ccc3n[nH]nc3c2)CCCC[C@@H]1C(=O)O. The summed E-state index contributed by atoms with van der Waals surface area (Å²) in [5, 5.41) is 22.7. The van der Waals surface area contributed by atoms with E-state index in [9.17, 15) is 14.7 Å². The van der Waals surface area contributed by atoms with Crippen LogP contribution in [-0.2, 0) is 4.79 Å². The Morgan fingerprint density at radius 3 is 2.86 bits per heavy atom. The van der Waals surface area contributed by atoms with E-state index in [1.165, 1.54) is 0 Å². The van der Waals surface area contributed by atoms with E-state index < -0.39 is 17.4 Å². The van der Waals surface area contributed by atoms with Gasteiger partial charge in [0.2, 0.25) is 0 Å². The van der Waals surface area contributed by atoms with E-state index in [0.717, 1.165) is 12.8 Å². The molecule has 1 aliphatic rings. The van der Waals surface area contributed by atoms with Crippen molar-refractivity contribution in [1.82, 2.24) is 20.7 Å². The molecular weight excluding hydrogens is 284 g/mol. The van der Waals surface area contributed by atoms with Gasteiger partial charge in [-0.25, -0.2) is 0 Å². The number of nitrogens with one attached hydrogen (secondary N) is 2. The number of hydrogen-bond donors (Lipinski definition) is 3. The van der Waals surface area contributed by atoms with Crippen molar-refractivity contribution in [3.05, 3.63) is 23.8 Å². The van der Waals surface area contributed by atoms with Crippen molar-refractivity contribution in [2.75, 3.05) is 0 Å². The number of aromatic nitrogens is 3. The van der Waals surface area contributed by atoms with Gasteiger partial charge in [-0.1, -0.05) is 12.8 Å². The number of carboxylic acid groups (broad SMARTS) is 1. The summed E-state index contributed by atoms with van der Waals surface area (Å²) in [6, 6.07) is 5.03. The monoisotopic (exact) mass is 302 g/mol. The summed E-state index contributed by atoms with van der Waals surface area (Å²) in [6.45, 7) is 1.82. The van der Waals surface area contributed by atoms with Crippen LogP contribution >= 0.6 is 0 Å². The molecule has 1 amide bonds. The Morgan fingerprint density at radius 2 is 2.09 bits per heavy atom. The van der Waals surface area contributed by atoms with Crippen molar-refractivity contribution in [2.45, 2.75) is 38.1 Å².